The molecular formula is C41H58O5. The van der Waals surface area contributed by atoms with E-state index >= 15 is 0 Å². The van der Waals surface area contributed by atoms with Crippen molar-refractivity contribution in [3.05, 3.63) is 102 Å². The normalized spacial score (nSPS) is 12.2. The van der Waals surface area contributed by atoms with Crippen LogP contribution >= 0.6 is 0 Å². The van der Waals surface area contributed by atoms with Crippen LogP contribution in [-0.4, -0.2) is 39.0 Å². The second-order valence-corrected chi connectivity index (χ2v) is 12.4. The first-order valence-electron chi connectivity index (χ1n) is 17.7. The molecule has 0 aromatic heterocycles. The highest BCUT2D eigenvalue weighted by molar-refractivity contribution is 5.66. The maximum Gasteiger partial charge on any atom is 0.303 e. The van der Waals surface area contributed by atoms with Crippen LogP contribution in [0.3, 0.4) is 0 Å². The standard InChI is InChI=1S/C41H58O5/c1-4-5-6-7-8-9-10-11-12-13-14-15-16-23-32-44-33-40(46-35(2)42)34-45-41(36-24-19-17-20-25-36,37-26-21-18-22-27-37)38-28-30-39(43-3)31-29-38/h17-22,24-31,40H,4-16,23,32-34H2,1-3H3/t40-/m1/s1. The summed E-state index contributed by atoms with van der Waals surface area (Å²) in [5, 5.41) is 0. The second kappa shape index (κ2) is 22.4. The lowest BCUT2D eigenvalue weighted by Crippen LogP contribution is -2.38. The number of rotatable bonds is 25. The highest BCUT2D eigenvalue weighted by Gasteiger charge is 2.38. The van der Waals surface area contributed by atoms with E-state index in [1.807, 2.05) is 60.7 Å². The number of hydrogen-bond donors (Lipinski definition) is 0. The number of ether oxygens (including phenoxy) is 4. The van der Waals surface area contributed by atoms with Crippen molar-refractivity contribution in [1.29, 1.82) is 0 Å². The number of hydrogen-bond acceptors (Lipinski definition) is 5. The van der Waals surface area contributed by atoms with Crippen LogP contribution < -0.4 is 4.74 Å². The molecule has 0 amide bonds. The van der Waals surface area contributed by atoms with Gasteiger partial charge in [-0.15, -0.1) is 0 Å². The van der Waals surface area contributed by atoms with E-state index in [1.54, 1.807) is 7.11 Å². The fourth-order valence-corrected chi connectivity index (χ4v) is 6.10. The first-order chi connectivity index (χ1) is 22.6. The maximum atomic E-state index is 12.1. The molecule has 0 radical (unpaired) electrons. The van der Waals surface area contributed by atoms with Crippen LogP contribution in [0.25, 0.3) is 0 Å². The van der Waals surface area contributed by atoms with Gasteiger partial charge in [-0.05, 0) is 35.2 Å². The molecule has 0 saturated heterocycles. The Hall–Kier alpha value is -3.15. The van der Waals surface area contributed by atoms with Gasteiger partial charge in [0.2, 0.25) is 0 Å². The Morgan fingerprint density at radius 1 is 0.609 bits per heavy atom. The third-order valence-electron chi connectivity index (χ3n) is 8.62. The molecule has 0 saturated carbocycles. The lowest BCUT2D eigenvalue weighted by Gasteiger charge is -2.37. The molecule has 5 heteroatoms. The number of unbranched alkanes of at least 4 members (excludes halogenated alkanes) is 13. The van der Waals surface area contributed by atoms with Crippen molar-refractivity contribution < 1.29 is 23.7 Å². The number of carbonyl (C=O) groups excluding carboxylic acids is 1. The molecule has 3 rings (SSSR count). The average molecular weight is 631 g/mol. The zero-order valence-corrected chi connectivity index (χ0v) is 28.7. The molecule has 1 atom stereocenters. The van der Waals surface area contributed by atoms with Gasteiger partial charge in [-0.2, -0.15) is 0 Å². The van der Waals surface area contributed by atoms with Gasteiger partial charge in [0.15, 0.2) is 0 Å². The summed E-state index contributed by atoms with van der Waals surface area (Å²) in [6.45, 7) is 4.83. The van der Waals surface area contributed by atoms with Crippen LogP contribution in [-0.2, 0) is 24.6 Å². The lowest BCUT2D eigenvalue weighted by atomic mass is 9.80. The molecule has 0 aliphatic heterocycles. The Kier molecular flexibility index (Phi) is 18.2. The van der Waals surface area contributed by atoms with Crippen molar-refractivity contribution in [2.24, 2.45) is 0 Å². The van der Waals surface area contributed by atoms with E-state index in [2.05, 4.69) is 31.2 Å². The quantitative estimate of drug-likeness (QED) is 0.0530. The van der Waals surface area contributed by atoms with Gasteiger partial charge in [0.1, 0.15) is 17.5 Å². The van der Waals surface area contributed by atoms with Crippen LogP contribution in [0.15, 0.2) is 84.9 Å². The Balaban J connectivity index is 1.51. The monoisotopic (exact) mass is 630 g/mol. The summed E-state index contributed by atoms with van der Waals surface area (Å²) in [6.07, 6.45) is 18.0. The SMILES string of the molecule is CCCCCCCCCCCCCCCCOC[C@H](COC(c1ccccc1)(c1ccccc1)c1ccc(OC)cc1)OC(C)=O. The van der Waals surface area contributed by atoms with Crippen LogP contribution in [0.4, 0.5) is 0 Å². The van der Waals surface area contributed by atoms with Gasteiger partial charge in [0.05, 0.1) is 20.3 Å². The number of methoxy groups -OCH3 is 1. The summed E-state index contributed by atoms with van der Waals surface area (Å²) in [7, 11) is 1.66. The first-order valence-corrected chi connectivity index (χ1v) is 17.7. The van der Waals surface area contributed by atoms with Gasteiger partial charge in [-0.3, -0.25) is 4.79 Å². The second-order valence-electron chi connectivity index (χ2n) is 12.4. The zero-order valence-electron chi connectivity index (χ0n) is 28.7. The fraction of sp³-hybridized carbons (Fsp3) is 0.537. The largest absolute Gasteiger partial charge is 0.497 e. The maximum absolute atomic E-state index is 12.1. The molecule has 0 aliphatic carbocycles. The summed E-state index contributed by atoms with van der Waals surface area (Å²) in [5.74, 6) is 0.427. The van der Waals surface area contributed by atoms with Gasteiger partial charge < -0.3 is 18.9 Å². The van der Waals surface area contributed by atoms with E-state index in [9.17, 15) is 4.79 Å². The zero-order chi connectivity index (χ0) is 32.7. The number of benzene rings is 3. The Morgan fingerprint density at radius 2 is 1.07 bits per heavy atom. The third kappa shape index (κ3) is 12.9. The molecule has 0 aliphatic rings. The molecule has 0 bridgehead atoms. The number of esters is 1. The van der Waals surface area contributed by atoms with Gasteiger partial charge in [-0.25, -0.2) is 0 Å². The Morgan fingerprint density at radius 3 is 1.52 bits per heavy atom. The number of carbonyl (C=O) groups is 1. The molecule has 0 fully saturated rings. The minimum Gasteiger partial charge on any atom is -0.497 e. The van der Waals surface area contributed by atoms with Crippen molar-refractivity contribution in [3.8, 4) is 5.75 Å². The molecule has 3 aromatic rings. The fourth-order valence-electron chi connectivity index (χ4n) is 6.10. The van der Waals surface area contributed by atoms with Crippen molar-refractivity contribution in [3.63, 3.8) is 0 Å². The predicted octanol–water partition coefficient (Wildman–Crippen LogP) is 10.4. The van der Waals surface area contributed by atoms with Crippen molar-refractivity contribution >= 4 is 5.97 Å². The van der Waals surface area contributed by atoms with E-state index in [0.29, 0.717) is 13.2 Å². The Bertz CT molecular complexity index is 1140. The van der Waals surface area contributed by atoms with Crippen LogP contribution in [0.1, 0.15) is 120 Å². The molecule has 0 unspecified atom stereocenters. The highest BCUT2D eigenvalue weighted by atomic mass is 16.6. The first kappa shape index (κ1) is 37.3. The minimum absolute atomic E-state index is 0.175. The molecular weight excluding hydrogens is 572 g/mol. The molecule has 252 valence electrons. The van der Waals surface area contributed by atoms with Crippen molar-refractivity contribution in [2.75, 3.05) is 26.9 Å². The summed E-state index contributed by atoms with van der Waals surface area (Å²) in [5.41, 5.74) is 1.99. The lowest BCUT2D eigenvalue weighted by molar-refractivity contribution is -0.156. The molecule has 0 N–H and O–H groups in total. The molecule has 0 heterocycles. The van der Waals surface area contributed by atoms with Gasteiger partial charge >= 0.3 is 5.97 Å². The van der Waals surface area contributed by atoms with Crippen LogP contribution in [0.2, 0.25) is 0 Å². The topological polar surface area (TPSA) is 54.0 Å². The van der Waals surface area contributed by atoms with Gasteiger partial charge in [-0.1, -0.05) is 163 Å². The molecule has 46 heavy (non-hydrogen) atoms. The molecule has 5 nitrogen and oxygen atoms in total. The summed E-state index contributed by atoms with van der Waals surface area (Å²) < 4.78 is 24.1. The predicted molar refractivity (Wildman–Crippen MR) is 188 cm³/mol. The average Bonchev–Trinajstić information content (AvgIpc) is 3.09. The van der Waals surface area contributed by atoms with E-state index < -0.39 is 11.7 Å². The van der Waals surface area contributed by atoms with E-state index in [1.165, 1.54) is 84.0 Å². The van der Waals surface area contributed by atoms with E-state index in [-0.39, 0.29) is 12.6 Å². The Labute approximate surface area is 279 Å². The summed E-state index contributed by atoms with van der Waals surface area (Å²) in [4.78, 5) is 12.1. The van der Waals surface area contributed by atoms with Crippen LogP contribution in [0, 0.1) is 0 Å². The highest BCUT2D eigenvalue weighted by Crippen LogP contribution is 2.41. The molecule has 3 aromatic carbocycles. The van der Waals surface area contributed by atoms with E-state index in [0.717, 1.165) is 35.3 Å². The van der Waals surface area contributed by atoms with Gasteiger partial charge in [0.25, 0.3) is 0 Å². The van der Waals surface area contributed by atoms with E-state index in [4.69, 9.17) is 18.9 Å². The molecule has 0 spiro atoms. The third-order valence-corrected chi connectivity index (χ3v) is 8.62. The smallest absolute Gasteiger partial charge is 0.303 e. The summed E-state index contributed by atoms with van der Waals surface area (Å²) in [6, 6.07) is 28.3. The summed E-state index contributed by atoms with van der Waals surface area (Å²) >= 11 is 0. The van der Waals surface area contributed by atoms with Crippen molar-refractivity contribution in [1.82, 2.24) is 0 Å². The van der Waals surface area contributed by atoms with Crippen molar-refractivity contribution in [2.45, 2.75) is 115 Å². The van der Waals surface area contributed by atoms with Gasteiger partial charge in [0, 0.05) is 13.5 Å². The minimum atomic E-state index is -0.929. The van der Waals surface area contributed by atoms with Crippen LogP contribution in [0.5, 0.6) is 5.75 Å².